The van der Waals surface area contributed by atoms with Crippen molar-refractivity contribution in [3.8, 4) is 0 Å². The Balaban J connectivity index is 2.55. The summed E-state index contributed by atoms with van der Waals surface area (Å²) in [6.45, 7) is 0. The lowest BCUT2D eigenvalue weighted by atomic mass is 10.2. The van der Waals surface area contributed by atoms with Crippen LogP contribution >= 0.6 is 11.3 Å². The second kappa shape index (κ2) is 3.43. The molecule has 0 aliphatic carbocycles. The van der Waals surface area contributed by atoms with E-state index in [1.807, 2.05) is 24.3 Å². The Hall–Kier alpha value is -2.14. The van der Waals surface area contributed by atoms with Crippen LogP contribution in [-0.2, 0) is 0 Å². The molecule has 5 heteroatoms. The van der Waals surface area contributed by atoms with Crippen molar-refractivity contribution in [1.29, 1.82) is 0 Å². The molecule has 17 heavy (non-hydrogen) atoms. The molecule has 2 aromatic heterocycles. The monoisotopic (exact) mass is 246 g/mol. The zero-order valence-electron chi connectivity index (χ0n) is 8.47. The van der Waals surface area contributed by atoms with Crippen LogP contribution in [0.4, 0.5) is 0 Å². The van der Waals surface area contributed by atoms with Gasteiger partial charge in [0.2, 0.25) is 11.2 Å². The van der Waals surface area contributed by atoms with E-state index in [1.165, 1.54) is 11.3 Å². The molecular weight excluding hydrogens is 240 g/mol. The van der Waals surface area contributed by atoms with Gasteiger partial charge < -0.3 is 9.52 Å². The molecular formula is C12H6O4S. The number of carbonyl (C=O) groups is 1. The van der Waals surface area contributed by atoms with E-state index in [1.54, 1.807) is 0 Å². The molecule has 0 fully saturated rings. The summed E-state index contributed by atoms with van der Waals surface area (Å²) >= 11 is 1.31. The van der Waals surface area contributed by atoms with Gasteiger partial charge in [-0.1, -0.05) is 12.1 Å². The lowest BCUT2D eigenvalue weighted by Gasteiger charge is -1.94. The van der Waals surface area contributed by atoms with Gasteiger partial charge in [-0.2, -0.15) is 0 Å². The number of carboxylic acid groups (broad SMARTS) is 1. The smallest absolute Gasteiger partial charge is 0.371 e. The molecule has 0 saturated heterocycles. The Morgan fingerprint density at radius 1 is 1.29 bits per heavy atom. The highest BCUT2D eigenvalue weighted by molar-refractivity contribution is 7.25. The summed E-state index contributed by atoms with van der Waals surface area (Å²) in [6.07, 6.45) is 0. The summed E-state index contributed by atoms with van der Waals surface area (Å²) in [5.41, 5.74) is 0.0420. The van der Waals surface area contributed by atoms with Crippen molar-refractivity contribution in [2.45, 2.75) is 0 Å². The molecule has 0 saturated carbocycles. The first-order valence-electron chi connectivity index (χ1n) is 4.85. The summed E-state index contributed by atoms with van der Waals surface area (Å²) in [6, 6.07) is 8.38. The topological polar surface area (TPSA) is 67.5 Å². The number of benzene rings is 1. The molecule has 0 aliphatic heterocycles. The SMILES string of the molecule is O=C(O)c1cc(=O)c2sc3ccccc3c2o1. The van der Waals surface area contributed by atoms with E-state index >= 15 is 0 Å². The standard InChI is InChI=1S/C12H6O4S/c13-7-5-8(12(14)15)16-10-6-3-1-2-4-9(6)17-11(7)10/h1-5H,(H,14,15). The number of carboxylic acids is 1. The Kier molecular flexibility index (Phi) is 2.02. The highest BCUT2D eigenvalue weighted by atomic mass is 32.1. The molecule has 0 bridgehead atoms. The summed E-state index contributed by atoms with van der Waals surface area (Å²) < 4.78 is 6.63. The zero-order valence-corrected chi connectivity index (χ0v) is 9.28. The van der Waals surface area contributed by atoms with Crippen LogP contribution < -0.4 is 5.43 Å². The van der Waals surface area contributed by atoms with Crippen LogP contribution in [0.2, 0.25) is 0 Å². The maximum Gasteiger partial charge on any atom is 0.371 e. The highest BCUT2D eigenvalue weighted by Gasteiger charge is 2.14. The van der Waals surface area contributed by atoms with E-state index in [0.29, 0.717) is 10.3 Å². The molecule has 0 atom stereocenters. The zero-order chi connectivity index (χ0) is 12.0. The number of rotatable bonds is 1. The van der Waals surface area contributed by atoms with Gasteiger partial charge in [0, 0.05) is 16.2 Å². The molecule has 0 unspecified atom stereocenters. The van der Waals surface area contributed by atoms with Crippen LogP contribution in [0.5, 0.6) is 0 Å². The molecule has 3 rings (SSSR count). The third kappa shape index (κ3) is 1.43. The molecule has 0 aliphatic rings. The fourth-order valence-electron chi connectivity index (χ4n) is 1.71. The predicted molar refractivity (Wildman–Crippen MR) is 64.8 cm³/mol. The van der Waals surface area contributed by atoms with Gasteiger partial charge in [0.1, 0.15) is 4.70 Å². The quantitative estimate of drug-likeness (QED) is 0.716. The number of aromatic carboxylic acids is 1. The Labute approximate surface area is 98.7 Å². The van der Waals surface area contributed by atoms with Gasteiger partial charge in [0.25, 0.3) is 0 Å². The molecule has 0 spiro atoms. The van der Waals surface area contributed by atoms with Crippen LogP contribution in [0.15, 0.2) is 39.5 Å². The van der Waals surface area contributed by atoms with Crippen LogP contribution in [0, 0.1) is 0 Å². The van der Waals surface area contributed by atoms with Crippen molar-refractivity contribution in [2.24, 2.45) is 0 Å². The van der Waals surface area contributed by atoms with Gasteiger partial charge in [-0.3, -0.25) is 4.79 Å². The molecule has 0 radical (unpaired) electrons. The van der Waals surface area contributed by atoms with E-state index in [-0.39, 0.29) is 11.2 Å². The molecule has 84 valence electrons. The van der Waals surface area contributed by atoms with Gasteiger partial charge in [-0.15, -0.1) is 11.3 Å². The number of thiophene rings is 1. The molecule has 1 aromatic carbocycles. The maximum absolute atomic E-state index is 11.8. The van der Waals surface area contributed by atoms with E-state index < -0.39 is 5.97 Å². The normalized spacial score (nSPS) is 11.1. The van der Waals surface area contributed by atoms with Gasteiger partial charge >= 0.3 is 5.97 Å². The first-order chi connectivity index (χ1) is 8.16. The highest BCUT2D eigenvalue weighted by Crippen LogP contribution is 2.31. The largest absolute Gasteiger partial charge is 0.475 e. The maximum atomic E-state index is 11.8. The van der Waals surface area contributed by atoms with Gasteiger partial charge in [0.05, 0.1) is 0 Å². The van der Waals surface area contributed by atoms with E-state index in [2.05, 4.69) is 0 Å². The first kappa shape index (κ1) is 10.0. The van der Waals surface area contributed by atoms with Crippen molar-refractivity contribution in [3.05, 3.63) is 46.3 Å². The average molecular weight is 246 g/mol. The summed E-state index contributed by atoms with van der Waals surface area (Å²) in [5.74, 6) is -1.56. The number of hydrogen-bond acceptors (Lipinski definition) is 4. The fraction of sp³-hybridized carbons (Fsp3) is 0. The summed E-state index contributed by atoms with van der Waals surface area (Å²) in [7, 11) is 0. The van der Waals surface area contributed by atoms with Crippen LogP contribution in [-0.4, -0.2) is 11.1 Å². The van der Waals surface area contributed by atoms with Gasteiger partial charge in [-0.05, 0) is 12.1 Å². The van der Waals surface area contributed by atoms with Crippen LogP contribution in [0.25, 0.3) is 20.4 Å². The Bertz CT molecular complexity index is 797. The second-order valence-corrected chi connectivity index (χ2v) is 4.59. The van der Waals surface area contributed by atoms with Crippen LogP contribution in [0.3, 0.4) is 0 Å². The third-order valence-corrected chi connectivity index (χ3v) is 3.63. The molecule has 0 amide bonds. The minimum Gasteiger partial charge on any atom is -0.475 e. The Morgan fingerprint density at radius 2 is 2.06 bits per heavy atom. The second-order valence-electron chi connectivity index (χ2n) is 3.54. The minimum atomic E-state index is -1.24. The lowest BCUT2D eigenvalue weighted by Crippen LogP contribution is -2.04. The van der Waals surface area contributed by atoms with E-state index in [9.17, 15) is 9.59 Å². The lowest BCUT2D eigenvalue weighted by molar-refractivity contribution is 0.0663. The third-order valence-electron chi connectivity index (χ3n) is 2.46. The van der Waals surface area contributed by atoms with Gasteiger partial charge in [-0.25, -0.2) is 4.79 Å². The van der Waals surface area contributed by atoms with Crippen molar-refractivity contribution >= 4 is 37.7 Å². The fourth-order valence-corrected chi connectivity index (χ4v) is 2.76. The number of fused-ring (bicyclic) bond motifs is 3. The first-order valence-corrected chi connectivity index (χ1v) is 5.67. The van der Waals surface area contributed by atoms with E-state index in [4.69, 9.17) is 9.52 Å². The van der Waals surface area contributed by atoms with Crippen molar-refractivity contribution in [1.82, 2.24) is 0 Å². The number of hydrogen-bond donors (Lipinski definition) is 1. The van der Waals surface area contributed by atoms with E-state index in [0.717, 1.165) is 16.2 Å². The van der Waals surface area contributed by atoms with Gasteiger partial charge in [0.15, 0.2) is 5.58 Å². The minimum absolute atomic E-state index is 0.315. The summed E-state index contributed by atoms with van der Waals surface area (Å²) in [4.78, 5) is 22.6. The molecule has 3 aromatic rings. The van der Waals surface area contributed by atoms with Crippen molar-refractivity contribution < 1.29 is 14.3 Å². The average Bonchev–Trinajstić information content (AvgIpc) is 2.68. The van der Waals surface area contributed by atoms with Crippen LogP contribution in [0.1, 0.15) is 10.6 Å². The van der Waals surface area contributed by atoms with Crippen molar-refractivity contribution in [2.75, 3.05) is 0 Å². The Morgan fingerprint density at radius 3 is 2.82 bits per heavy atom. The molecule has 1 N–H and O–H groups in total. The summed E-state index contributed by atoms with van der Waals surface area (Å²) in [5, 5.41) is 9.62. The molecule has 2 heterocycles. The molecule has 4 nitrogen and oxygen atoms in total. The predicted octanol–water partition coefficient (Wildman–Crippen LogP) is 2.71. The van der Waals surface area contributed by atoms with Crippen molar-refractivity contribution in [3.63, 3.8) is 0 Å².